The summed E-state index contributed by atoms with van der Waals surface area (Å²) in [4.78, 5) is 6.44. The SMILES string of the molecule is COc1cc(N2C=C(C#N)C(c3ccc(CO)cc3)=NC2)cc(OC)c1OC. The first-order chi connectivity index (χ1) is 13.6. The van der Waals surface area contributed by atoms with E-state index in [1.807, 2.05) is 41.3 Å². The monoisotopic (exact) mass is 379 g/mol. The van der Waals surface area contributed by atoms with Crippen molar-refractivity contribution in [3.05, 3.63) is 59.3 Å². The van der Waals surface area contributed by atoms with Gasteiger partial charge in [0.25, 0.3) is 0 Å². The van der Waals surface area contributed by atoms with Crippen LogP contribution < -0.4 is 19.1 Å². The third-order valence-electron chi connectivity index (χ3n) is 4.43. The number of nitriles is 1. The fourth-order valence-electron chi connectivity index (χ4n) is 2.98. The highest BCUT2D eigenvalue weighted by Gasteiger charge is 2.21. The van der Waals surface area contributed by atoms with Crippen molar-refractivity contribution in [1.82, 2.24) is 0 Å². The zero-order valence-corrected chi connectivity index (χ0v) is 16.0. The molecule has 1 N–H and O–H groups in total. The van der Waals surface area contributed by atoms with Gasteiger partial charge in [-0.3, -0.25) is 4.99 Å². The average Bonchev–Trinajstić information content (AvgIpc) is 2.77. The van der Waals surface area contributed by atoms with Crippen molar-refractivity contribution >= 4 is 11.4 Å². The van der Waals surface area contributed by atoms with Crippen LogP contribution in [0.3, 0.4) is 0 Å². The number of ether oxygens (including phenoxy) is 3. The van der Waals surface area contributed by atoms with Crippen LogP contribution in [0.5, 0.6) is 17.2 Å². The fourth-order valence-corrected chi connectivity index (χ4v) is 2.98. The summed E-state index contributed by atoms with van der Waals surface area (Å²) in [6.45, 7) is 0.309. The van der Waals surface area contributed by atoms with Gasteiger partial charge in [-0.1, -0.05) is 24.3 Å². The molecule has 0 saturated heterocycles. The smallest absolute Gasteiger partial charge is 0.203 e. The Balaban J connectivity index is 1.95. The molecule has 0 spiro atoms. The standard InChI is InChI=1S/C21H21N3O4/c1-26-18-8-17(9-19(27-2)21(18)28-3)24-11-16(10-22)20(23-13-24)15-6-4-14(12-25)5-7-15/h4-9,11,25H,12-13H2,1-3H3. The molecule has 0 fully saturated rings. The van der Waals surface area contributed by atoms with Crippen LogP contribution in [0, 0.1) is 11.3 Å². The van der Waals surface area contributed by atoms with Gasteiger partial charge >= 0.3 is 0 Å². The highest BCUT2D eigenvalue weighted by Crippen LogP contribution is 2.41. The Morgan fingerprint density at radius 2 is 1.71 bits per heavy atom. The third kappa shape index (κ3) is 3.63. The van der Waals surface area contributed by atoms with E-state index in [1.54, 1.807) is 27.5 Å². The van der Waals surface area contributed by atoms with Gasteiger partial charge in [0.05, 0.1) is 39.2 Å². The van der Waals surface area contributed by atoms with Crippen molar-refractivity contribution in [1.29, 1.82) is 5.26 Å². The van der Waals surface area contributed by atoms with Gasteiger partial charge in [-0.15, -0.1) is 0 Å². The molecule has 0 bridgehead atoms. The van der Waals surface area contributed by atoms with Crippen molar-refractivity contribution < 1.29 is 19.3 Å². The summed E-state index contributed by atoms with van der Waals surface area (Å²) in [6.07, 6.45) is 1.75. The summed E-state index contributed by atoms with van der Waals surface area (Å²) < 4.78 is 16.2. The maximum Gasteiger partial charge on any atom is 0.203 e. The molecule has 144 valence electrons. The normalized spacial score (nSPS) is 13.3. The van der Waals surface area contributed by atoms with Crippen molar-refractivity contribution in [3.8, 4) is 23.3 Å². The van der Waals surface area contributed by atoms with Crippen LogP contribution in [0.25, 0.3) is 0 Å². The second kappa shape index (κ2) is 8.46. The van der Waals surface area contributed by atoms with Crippen molar-refractivity contribution in [3.63, 3.8) is 0 Å². The Bertz CT molecular complexity index is 934. The molecule has 0 unspecified atom stereocenters. The molecule has 0 saturated carbocycles. The van der Waals surface area contributed by atoms with E-state index < -0.39 is 0 Å². The maximum atomic E-state index is 9.64. The van der Waals surface area contributed by atoms with E-state index in [2.05, 4.69) is 11.1 Å². The van der Waals surface area contributed by atoms with Gasteiger partial charge in [0.1, 0.15) is 12.7 Å². The van der Waals surface area contributed by atoms with E-state index >= 15 is 0 Å². The quantitative estimate of drug-likeness (QED) is 0.830. The lowest BCUT2D eigenvalue weighted by atomic mass is 10.0. The van der Waals surface area contributed by atoms with Crippen LogP contribution in [0.4, 0.5) is 5.69 Å². The number of allylic oxidation sites excluding steroid dienone is 1. The highest BCUT2D eigenvalue weighted by atomic mass is 16.5. The van der Waals surface area contributed by atoms with Crippen LogP contribution in [-0.2, 0) is 6.61 Å². The Kier molecular flexibility index (Phi) is 5.82. The molecule has 2 aromatic carbocycles. The summed E-state index contributed by atoms with van der Waals surface area (Å²) in [5.41, 5.74) is 3.46. The molecule has 0 atom stereocenters. The maximum absolute atomic E-state index is 9.64. The Morgan fingerprint density at radius 3 is 2.21 bits per heavy atom. The predicted octanol–water partition coefficient (Wildman–Crippen LogP) is 2.88. The number of methoxy groups -OCH3 is 3. The molecule has 7 nitrogen and oxygen atoms in total. The molecular formula is C21H21N3O4. The minimum Gasteiger partial charge on any atom is -0.493 e. The number of benzene rings is 2. The first-order valence-electron chi connectivity index (χ1n) is 8.58. The van der Waals surface area contributed by atoms with Gasteiger partial charge in [0, 0.05) is 29.6 Å². The lowest BCUT2D eigenvalue weighted by Crippen LogP contribution is -2.25. The van der Waals surface area contributed by atoms with E-state index in [0.29, 0.717) is 35.2 Å². The summed E-state index contributed by atoms with van der Waals surface area (Å²) in [7, 11) is 4.66. The van der Waals surface area contributed by atoms with Crippen molar-refractivity contribution in [2.24, 2.45) is 4.99 Å². The van der Waals surface area contributed by atoms with Crippen LogP contribution in [0.2, 0.25) is 0 Å². The second-order valence-electron chi connectivity index (χ2n) is 6.01. The first kappa shape index (κ1) is 19.3. The molecular weight excluding hydrogens is 358 g/mol. The van der Waals surface area contributed by atoms with E-state index in [9.17, 15) is 10.4 Å². The molecule has 1 aliphatic rings. The summed E-state index contributed by atoms with van der Waals surface area (Å²) in [6, 6.07) is 13.2. The number of hydrogen-bond acceptors (Lipinski definition) is 7. The Labute approximate surface area is 163 Å². The number of aliphatic hydroxyl groups excluding tert-OH is 1. The van der Waals surface area contributed by atoms with Gasteiger partial charge in [0.15, 0.2) is 11.5 Å². The van der Waals surface area contributed by atoms with Gasteiger partial charge in [-0.05, 0) is 5.56 Å². The Morgan fingerprint density at radius 1 is 1.07 bits per heavy atom. The number of aliphatic hydroxyl groups is 1. The molecule has 28 heavy (non-hydrogen) atoms. The minimum atomic E-state index is -0.0252. The molecule has 0 aliphatic carbocycles. The van der Waals surface area contributed by atoms with Crippen LogP contribution in [0.15, 0.2) is 53.2 Å². The van der Waals surface area contributed by atoms with E-state index in [1.165, 1.54) is 0 Å². The van der Waals surface area contributed by atoms with Gasteiger partial charge in [-0.2, -0.15) is 5.26 Å². The lowest BCUT2D eigenvalue weighted by Gasteiger charge is -2.25. The number of aliphatic imine (C=N–C) groups is 1. The molecule has 2 aromatic rings. The lowest BCUT2D eigenvalue weighted by molar-refractivity contribution is 0.282. The Hall–Kier alpha value is -3.50. The topological polar surface area (TPSA) is 87.3 Å². The molecule has 1 heterocycles. The largest absolute Gasteiger partial charge is 0.493 e. The number of rotatable bonds is 6. The zero-order valence-electron chi connectivity index (χ0n) is 16.0. The molecule has 3 rings (SSSR count). The van der Waals surface area contributed by atoms with E-state index in [-0.39, 0.29) is 6.61 Å². The van der Waals surface area contributed by atoms with Crippen molar-refractivity contribution in [2.75, 3.05) is 32.9 Å². The molecule has 0 radical (unpaired) electrons. The minimum absolute atomic E-state index is 0.0252. The third-order valence-corrected chi connectivity index (χ3v) is 4.43. The fraction of sp³-hybridized carbons (Fsp3) is 0.238. The summed E-state index contributed by atoms with van der Waals surface area (Å²) in [5.74, 6) is 1.56. The molecule has 0 aromatic heterocycles. The second-order valence-corrected chi connectivity index (χ2v) is 6.01. The number of hydrogen-bond donors (Lipinski definition) is 1. The van der Waals surface area contributed by atoms with E-state index in [0.717, 1.165) is 16.8 Å². The van der Waals surface area contributed by atoms with Crippen LogP contribution in [0.1, 0.15) is 11.1 Å². The highest BCUT2D eigenvalue weighted by molar-refractivity contribution is 6.15. The van der Waals surface area contributed by atoms with Gasteiger partial charge in [-0.25, -0.2) is 0 Å². The van der Waals surface area contributed by atoms with Crippen molar-refractivity contribution in [2.45, 2.75) is 6.61 Å². The molecule has 7 heteroatoms. The van der Waals surface area contributed by atoms with Gasteiger partial charge in [0.2, 0.25) is 5.75 Å². The first-order valence-corrected chi connectivity index (χ1v) is 8.58. The van der Waals surface area contributed by atoms with Crippen LogP contribution >= 0.6 is 0 Å². The van der Waals surface area contributed by atoms with E-state index in [4.69, 9.17) is 14.2 Å². The number of nitrogens with zero attached hydrogens (tertiary/aromatic N) is 3. The predicted molar refractivity (Wildman–Crippen MR) is 106 cm³/mol. The average molecular weight is 379 g/mol. The molecule has 0 amide bonds. The number of anilines is 1. The zero-order chi connectivity index (χ0) is 20.1. The summed E-state index contributed by atoms with van der Waals surface area (Å²) >= 11 is 0. The van der Waals surface area contributed by atoms with Crippen LogP contribution in [-0.4, -0.2) is 38.8 Å². The summed E-state index contributed by atoms with van der Waals surface area (Å²) in [5, 5.41) is 18.8. The van der Waals surface area contributed by atoms with Gasteiger partial charge < -0.3 is 24.2 Å². The molecule has 1 aliphatic heterocycles.